The molecule has 0 radical (unpaired) electrons. The number of nitrogens with zero attached hydrogens (tertiary/aromatic N) is 6. The minimum Gasteiger partial charge on any atom is -0.357 e. The second-order valence-electron chi connectivity index (χ2n) is 6.31. The third-order valence-electron chi connectivity index (χ3n) is 4.53. The number of hydrogen-bond acceptors (Lipinski definition) is 5. The number of nitrogens with one attached hydrogen (secondary N) is 1. The predicted molar refractivity (Wildman–Crippen MR) is 104 cm³/mol. The topological polar surface area (TPSA) is 69.5 Å². The van der Waals surface area contributed by atoms with Crippen LogP contribution in [0.4, 0.5) is 5.95 Å². The zero-order valence-corrected chi connectivity index (χ0v) is 15.6. The first-order chi connectivity index (χ1) is 12.8. The molecule has 0 atom stereocenters. The molecule has 0 bridgehead atoms. The van der Waals surface area contributed by atoms with Crippen LogP contribution >= 0.6 is 0 Å². The summed E-state index contributed by atoms with van der Waals surface area (Å²) in [7, 11) is 0. The first-order valence-electron chi connectivity index (χ1n) is 9.22. The molecule has 1 fully saturated rings. The number of aryl methyl sites for hydroxylation is 1. The summed E-state index contributed by atoms with van der Waals surface area (Å²) in [5.74, 6) is 1.80. The Labute approximate surface area is 155 Å². The van der Waals surface area contributed by atoms with E-state index in [0.29, 0.717) is 0 Å². The number of guanidine groups is 1. The van der Waals surface area contributed by atoms with Gasteiger partial charge in [-0.2, -0.15) is 0 Å². The van der Waals surface area contributed by atoms with Crippen LogP contribution in [0.1, 0.15) is 18.1 Å². The van der Waals surface area contributed by atoms with Gasteiger partial charge in [-0.15, -0.1) is 0 Å². The highest BCUT2D eigenvalue weighted by Gasteiger charge is 2.20. The molecule has 1 N–H and O–H groups in total. The molecule has 0 unspecified atom stereocenters. The summed E-state index contributed by atoms with van der Waals surface area (Å²) in [5, 5.41) is 3.42. The fourth-order valence-electron chi connectivity index (χ4n) is 3.06. The molecule has 0 aliphatic carbocycles. The summed E-state index contributed by atoms with van der Waals surface area (Å²) in [6, 6.07) is 3.93. The van der Waals surface area contributed by atoms with Crippen molar-refractivity contribution in [3.8, 4) is 0 Å². The van der Waals surface area contributed by atoms with Crippen molar-refractivity contribution in [2.75, 3.05) is 44.2 Å². The minimum atomic E-state index is 0.773. The lowest BCUT2D eigenvalue weighted by molar-refractivity contribution is 0.370. The monoisotopic (exact) mass is 353 g/mol. The Balaban J connectivity index is 1.57. The van der Waals surface area contributed by atoms with Crippen molar-refractivity contribution in [2.24, 2.45) is 4.99 Å². The third kappa shape index (κ3) is 4.68. The number of pyridine rings is 1. The highest BCUT2D eigenvalue weighted by Crippen LogP contribution is 2.10. The van der Waals surface area contributed by atoms with Crippen LogP contribution in [-0.2, 0) is 6.42 Å². The van der Waals surface area contributed by atoms with Gasteiger partial charge >= 0.3 is 0 Å². The second-order valence-corrected chi connectivity index (χ2v) is 6.31. The number of aliphatic imine (C=N–C) groups is 1. The summed E-state index contributed by atoms with van der Waals surface area (Å²) < 4.78 is 0. The van der Waals surface area contributed by atoms with E-state index in [9.17, 15) is 0 Å². The van der Waals surface area contributed by atoms with Crippen molar-refractivity contribution in [1.29, 1.82) is 0 Å². The van der Waals surface area contributed by atoms with E-state index in [1.807, 2.05) is 18.5 Å². The maximum Gasteiger partial charge on any atom is 0.225 e. The molecule has 0 aromatic carbocycles. The van der Waals surface area contributed by atoms with Crippen molar-refractivity contribution in [3.63, 3.8) is 0 Å². The smallest absolute Gasteiger partial charge is 0.225 e. The van der Waals surface area contributed by atoms with E-state index in [2.05, 4.69) is 50.0 Å². The fraction of sp³-hybridized carbons (Fsp3) is 0.474. The molecule has 0 spiro atoms. The van der Waals surface area contributed by atoms with Crippen molar-refractivity contribution in [3.05, 3.63) is 48.0 Å². The van der Waals surface area contributed by atoms with Gasteiger partial charge in [0.15, 0.2) is 5.96 Å². The van der Waals surface area contributed by atoms with Crippen LogP contribution in [0.2, 0.25) is 0 Å². The summed E-state index contributed by atoms with van der Waals surface area (Å²) in [6.45, 7) is 9.48. The second kappa shape index (κ2) is 9.12. The van der Waals surface area contributed by atoms with E-state index in [0.717, 1.165) is 57.6 Å². The molecule has 26 heavy (non-hydrogen) atoms. The molecule has 138 valence electrons. The van der Waals surface area contributed by atoms with Crippen LogP contribution in [0, 0.1) is 6.92 Å². The van der Waals surface area contributed by atoms with Crippen LogP contribution in [-0.4, -0.2) is 65.1 Å². The Hall–Kier alpha value is -2.70. The normalized spacial score (nSPS) is 15.2. The quantitative estimate of drug-likeness (QED) is 0.649. The Morgan fingerprint density at radius 3 is 2.62 bits per heavy atom. The molecule has 1 saturated heterocycles. The predicted octanol–water partition coefficient (Wildman–Crippen LogP) is 1.51. The van der Waals surface area contributed by atoms with Crippen LogP contribution < -0.4 is 10.2 Å². The van der Waals surface area contributed by atoms with Crippen LogP contribution in [0.25, 0.3) is 0 Å². The van der Waals surface area contributed by atoms with Gasteiger partial charge in [0, 0.05) is 64.1 Å². The Morgan fingerprint density at radius 1 is 1.15 bits per heavy atom. The minimum absolute atomic E-state index is 0.773. The van der Waals surface area contributed by atoms with Gasteiger partial charge in [0.25, 0.3) is 0 Å². The van der Waals surface area contributed by atoms with Crippen molar-refractivity contribution < 1.29 is 0 Å². The zero-order chi connectivity index (χ0) is 18.2. The molecule has 2 aromatic heterocycles. The first-order valence-corrected chi connectivity index (χ1v) is 9.22. The van der Waals surface area contributed by atoms with Crippen LogP contribution in [0.3, 0.4) is 0 Å². The standard InChI is InChI=1S/C19H27N7/c1-3-21-18(24-10-6-17-5-9-20-15-16(17)2)25-11-13-26(14-12-25)19-22-7-4-8-23-19/h4-5,7-9,15H,3,6,10-14H2,1-2H3,(H,21,24). The molecule has 3 rings (SSSR count). The van der Waals surface area contributed by atoms with Gasteiger partial charge in [-0.25, -0.2) is 9.97 Å². The molecule has 2 aromatic rings. The lowest BCUT2D eigenvalue weighted by Gasteiger charge is -2.36. The summed E-state index contributed by atoms with van der Waals surface area (Å²) in [5.41, 5.74) is 2.54. The van der Waals surface area contributed by atoms with Gasteiger partial charge in [-0.3, -0.25) is 9.98 Å². The molecule has 1 aliphatic rings. The van der Waals surface area contributed by atoms with Gasteiger partial charge in [0.1, 0.15) is 0 Å². The summed E-state index contributed by atoms with van der Waals surface area (Å²) in [6.07, 6.45) is 8.28. The van der Waals surface area contributed by atoms with E-state index in [4.69, 9.17) is 4.99 Å². The van der Waals surface area contributed by atoms with Gasteiger partial charge < -0.3 is 15.1 Å². The average Bonchev–Trinajstić information content (AvgIpc) is 2.69. The van der Waals surface area contributed by atoms with Gasteiger partial charge in [-0.1, -0.05) is 0 Å². The average molecular weight is 353 g/mol. The van der Waals surface area contributed by atoms with E-state index >= 15 is 0 Å². The molecule has 1 aliphatic heterocycles. The Morgan fingerprint density at radius 2 is 1.92 bits per heavy atom. The first kappa shape index (κ1) is 18.1. The summed E-state index contributed by atoms with van der Waals surface area (Å²) >= 11 is 0. The SMILES string of the molecule is CCNC(=NCCc1ccncc1C)N1CCN(c2ncccn2)CC1. The van der Waals surface area contributed by atoms with Crippen molar-refractivity contribution in [2.45, 2.75) is 20.3 Å². The highest BCUT2D eigenvalue weighted by molar-refractivity contribution is 5.80. The molecular formula is C19H27N7. The molecule has 7 nitrogen and oxygen atoms in total. The third-order valence-corrected chi connectivity index (χ3v) is 4.53. The number of piperazine rings is 1. The lowest BCUT2D eigenvalue weighted by Crippen LogP contribution is -2.53. The molecule has 7 heteroatoms. The van der Waals surface area contributed by atoms with Crippen molar-refractivity contribution in [1.82, 2.24) is 25.2 Å². The number of hydrogen-bond donors (Lipinski definition) is 1. The van der Waals surface area contributed by atoms with E-state index in [1.165, 1.54) is 11.1 Å². The van der Waals surface area contributed by atoms with Crippen molar-refractivity contribution >= 4 is 11.9 Å². The lowest BCUT2D eigenvalue weighted by atomic mass is 10.1. The number of anilines is 1. The van der Waals surface area contributed by atoms with E-state index < -0.39 is 0 Å². The number of aromatic nitrogens is 3. The van der Waals surface area contributed by atoms with Gasteiger partial charge in [0.2, 0.25) is 5.95 Å². The Bertz CT molecular complexity index is 709. The van der Waals surface area contributed by atoms with E-state index in [-0.39, 0.29) is 0 Å². The van der Waals surface area contributed by atoms with Crippen LogP contribution in [0.5, 0.6) is 0 Å². The zero-order valence-electron chi connectivity index (χ0n) is 15.6. The van der Waals surface area contributed by atoms with Gasteiger partial charge in [0.05, 0.1) is 0 Å². The highest BCUT2D eigenvalue weighted by atomic mass is 15.4. The fourth-order valence-corrected chi connectivity index (χ4v) is 3.06. The maximum absolute atomic E-state index is 4.83. The molecule has 0 saturated carbocycles. The summed E-state index contributed by atoms with van der Waals surface area (Å²) in [4.78, 5) is 22.2. The number of rotatable bonds is 5. The molecular weight excluding hydrogens is 326 g/mol. The van der Waals surface area contributed by atoms with Crippen LogP contribution in [0.15, 0.2) is 41.9 Å². The largest absolute Gasteiger partial charge is 0.357 e. The van der Waals surface area contributed by atoms with E-state index in [1.54, 1.807) is 12.4 Å². The van der Waals surface area contributed by atoms with Gasteiger partial charge in [-0.05, 0) is 43.5 Å². The molecule has 3 heterocycles. The Kier molecular flexibility index (Phi) is 6.35. The maximum atomic E-state index is 4.83. The molecule has 0 amide bonds.